The molecule has 0 radical (unpaired) electrons. The number of aromatic nitrogens is 2. The molecule has 102 valence electrons. The van der Waals surface area contributed by atoms with Gasteiger partial charge in [-0.1, -0.05) is 18.2 Å². The maximum absolute atomic E-state index is 6.05. The Morgan fingerprint density at radius 1 is 1.25 bits per heavy atom. The van der Waals surface area contributed by atoms with Gasteiger partial charge in [-0.3, -0.25) is 0 Å². The first kappa shape index (κ1) is 13.2. The minimum atomic E-state index is 0.521. The standard InChI is InChI=1S/C15H14IN3O/c1-20-14-5-3-2-4-10(14)9-19-13-7-6-11(16)8-12(13)18-15(19)17/h2-8H,9H2,1H3,(H2,17,18). The van der Waals surface area contributed by atoms with Crippen molar-refractivity contribution in [2.75, 3.05) is 12.8 Å². The Kier molecular flexibility index (Phi) is 3.52. The molecule has 20 heavy (non-hydrogen) atoms. The molecule has 0 atom stereocenters. The summed E-state index contributed by atoms with van der Waals surface area (Å²) in [7, 11) is 1.68. The Balaban J connectivity index is 2.08. The number of hydrogen-bond acceptors (Lipinski definition) is 3. The van der Waals surface area contributed by atoms with Crippen molar-refractivity contribution in [3.8, 4) is 5.75 Å². The second-order valence-electron chi connectivity index (χ2n) is 4.50. The molecule has 4 nitrogen and oxygen atoms in total. The predicted molar refractivity (Wildman–Crippen MR) is 89.0 cm³/mol. The molecule has 0 unspecified atom stereocenters. The summed E-state index contributed by atoms with van der Waals surface area (Å²) in [5.74, 6) is 1.38. The van der Waals surface area contributed by atoms with E-state index < -0.39 is 0 Å². The van der Waals surface area contributed by atoms with Crippen LogP contribution >= 0.6 is 22.6 Å². The number of imidazole rings is 1. The van der Waals surface area contributed by atoms with Gasteiger partial charge in [0, 0.05) is 9.13 Å². The van der Waals surface area contributed by atoms with Crippen molar-refractivity contribution in [1.82, 2.24) is 9.55 Å². The van der Waals surface area contributed by atoms with Crippen molar-refractivity contribution in [1.29, 1.82) is 0 Å². The molecule has 5 heteroatoms. The average Bonchev–Trinajstić information content (AvgIpc) is 2.75. The van der Waals surface area contributed by atoms with E-state index in [0.717, 1.165) is 25.9 Å². The van der Waals surface area contributed by atoms with Gasteiger partial charge >= 0.3 is 0 Å². The third-order valence-electron chi connectivity index (χ3n) is 3.26. The highest BCUT2D eigenvalue weighted by molar-refractivity contribution is 14.1. The van der Waals surface area contributed by atoms with Crippen molar-refractivity contribution in [2.45, 2.75) is 6.54 Å². The zero-order valence-electron chi connectivity index (χ0n) is 11.0. The van der Waals surface area contributed by atoms with E-state index in [4.69, 9.17) is 10.5 Å². The maximum atomic E-state index is 6.05. The van der Waals surface area contributed by atoms with E-state index in [2.05, 4.69) is 39.7 Å². The van der Waals surface area contributed by atoms with Crippen molar-refractivity contribution in [3.63, 3.8) is 0 Å². The summed E-state index contributed by atoms with van der Waals surface area (Å²) in [6.07, 6.45) is 0. The largest absolute Gasteiger partial charge is 0.496 e. The van der Waals surface area contributed by atoms with Crippen molar-refractivity contribution in [2.24, 2.45) is 0 Å². The van der Waals surface area contributed by atoms with Gasteiger partial charge < -0.3 is 15.0 Å². The lowest BCUT2D eigenvalue weighted by Crippen LogP contribution is -2.05. The van der Waals surface area contributed by atoms with Crippen molar-refractivity contribution in [3.05, 3.63) is 51.6 Å². The number of fused-ring (bicyclic) bond motifs is 1. The topological polar surface area (TPSA) is 53.1 Å². The van der Waals surface area contributed by atoms with Gasteiger partial charge in [0.2, 0.25) is 5.95 Å². The molecule has 0 bridgehead atoms. The lowest BCUT2D eigenvalue weighted by molar-refractivity contribution is 0.408. The summed E-state index contributed by atoms with van der Waals surface area (Å²) in [6, 6.07) is 14.1. The monoisotopic (exact) mass is 379 g/mol. The number of benzene rings is 2. The minimum Gasteiger partial charge on any atom is -0.496 e. The smallest absolute Gasteiger partial charge is 0.201 e. The van der Waals surface area contributed by atoms with Crippen LogP contribution in [0.25, 0.3) is 11.0 Å². The number of rotatable bonds is 3. The number of para-hydroxylation sites is 1. The first-order chi connectivity index (χ1) is 9.69. The molecule has 0 aliphatic carbocycles. The molecule has 0 saturated heterocycles. The molecule has 2 aromatic carbocycles. The van der Waals surface area contributed by atoms with Crippen molar-refractivity contribution >= 4 is 39.6 Å². The Morgan fingerprint density at radius 2 is 2.05 bits per heavy atom. The molecule has 1 heterocycles. The van der Waals surface area contributed by atoms with E-state index >= 15 is 0 Å². The summed E-state index contributed by atoms with van der Waals surface area (Å²) in [5, 5.41) is 0. The van der Waals surface area contributed by atoms with Gasteiger partial charge in [0.15, 0.2) is 0 Å². The van der Waals surface area contributed by atoms with E-state index in [1.54, 1.807) is 7.11 Å². The average molecular weight is 379 g/mol. The quantitative estimate of drug-likeness (QED) is 0.711. The van der Waals surface area contributed by atoms with Crippen LogP contribution in [0.3, 0.4) is 0 Å². The van der Waals surface area contributed by atoms with Gasteiger partial charge in [-0.2, -0.15) is 0 Å². The van der Waals surface area contributed by atoms with E-state index in [-0.39, 0.29) is 0 Å². The van der Waals surface area contributed by atoms with Crippen LogP contribution in [0.4, 0.5) is 5.95 Å². The number of methoxy groups -OCH3 is 1. The first-order valence-corrected chi connectivity index (χ1v) is 7.30. The Hall–Kier alpha value is -1.76. The summed E-state index contributed by atoms with van der Waals surface area (Å²) in [6.45, 7) is 0.646. The van der Waals surface area contributed by atoms with E-state index in [0.29, 0.717) is 12.5 Å². The van der Waals surface area contributed by atoms with Crippen LogP contribution in [-0.4, -0.2) is 16.7 Å². The minimum absolute atomic E-state index is 0.521. The zero-order chi connectivity index (χ0) is 14.1. The SMILES string of the molecule is COc1ccccc1Cn1c(N)nc2cc(I)ccc21. The van der Waals surface area contributed by atoms with Gasteiger partial charge in [-0.05, 0) is 46.9 Å². The highest BCUT2D eigenvalue weighted by atomic mass is 127. The summed E-state index contributed by atoms with van der Waals surface area (Å²) < 4.78 is 8.54. The Labute approximate surface area is 130 Å². The predicted octanol–water partition coefficient (Wildman–Crippen LogP) is 3.28. The zero-order valence-corrected chi connectivity index (χ0v) is 13.2. The third-order valence-corrected chi connectivity index (χ3v) is 3.93. The van der Waals surface area contributed by atoms with Crippen LogP contribution in [0.5, 0.6) is 5.75 Å². The normalized spacial score (nSPS) is 10.9. The highest BCUT2D eigenvalue weighted by Gasteiger charge is 2.11. The summed E-state index contributed by atoms with van der Waals surface area (Å²) in [4.78, 5) is 4.42. The van der Waals surface area contributed by atoms with E-state index in [1.165, 1.54) is 0 Å². The van der Waals surface area contributed by atoms with Gasteiger partial charge in [0.25, 0.3) is 0 Å². The number of nitrogens with zero attached hydrogens (tertiary/aromatic N) is 2. The van der Waals surface area contributed by atoms with Gasteiger partial charge in [-0.15, -0.1) is 0 Å². The van der Waals surface area contributed by atoms with E-state index in [1.807, 2.05) is 34.9 Å². The molecule has 0 spiro atoms. The van der Waals surface area contributed by atoms with Gasteiger partial charge in [0.05, 0.1) is 24.7 Å². The number of anilines is 1. The second kappa shape index (κ2) is 5.32. The first-order valence-electron chi connectivity index (χ1n) is 6.22. The molecule has 3 rings (SSSR count). The molecule has 0 fully saturated rings. The number of nitrogen functional groups attached to an aromatic ring is 1. The van der Waals surface area contributed by atoms with Crippen LogP contribution in [-0.2, 0) is 6.54 Å². The van der Waals surface area contributed by atoms with Crippen LogP contribution < -0.4 is 10.5 Å². The lowest BCUT2D eigenvalue weighted by Gasteiger charge is -2.10. The maximum Gasteiger partial charge on any atom is 0.201 e. The Morgan fingerprint density at radius 3 is 2.85 bits per heavy atom. The number of halogens is 1. The number of nitrogens with two attached hydrogens (primary N) is 1. The fraction of sp³-hybridized carbons (Fsp3) is 0.133. The second-order valence-corrected chi connectivity index (χ2v) is 5.75. The van der Waals surface area contributed by atoms with Gasteiger partial charge in [-0.25, -0.2) is 4.98 Å². The van der Waals surface area contributed by atoms with Crippen molar-refractivity contribution < 1.29 is 4.74 Å². The Bertz CT molecular complexity index is 767. The molecule has 0 saturated carbocycles. The van der Waals surface area contributed by atoms with Crippen LogP contribution in [0.2, 0.25) is 0 Å². The molecule has 0 aliphatic heterocycles. The van der Waals surface area contributed by atoms with Crippen LogP contribution in [0, 0.1) is 3.57 Å². The number of ether oxygens (including phenoxy) is 1. The molecule has 0 aliphatic rings. The number of hydrogen-bond donors (Lipinski definition) is 1. The molecule has 2 N–H and O–H groups in total. The fourth-order valence-corrected chi connectivity index (χ4v) is 2.77. The summed E-state index contributed by atoms with van der Waals surface area (Å²) >= 11 is 2.27. The molecule has 3 aromatic rings. The molecular formula is C15H14IN3O. The fourth-order valence-electron chi connectivity index (χ4n) is 2.29. The van der Waals surface area contributed by atoms with Gasteiger partial charge in [0.1, 0.15) is 5.75 Å². The molecule has 1 aromatic heterocycles. The van der Waals surface area contributed by atoms with Crippen LogP contribution in [0.1, 0.15) is 5.56 Å². The lowest BCUT2D eigenvalue weighted by atomic mass is 10.2. The molecular weight excluding hydrogens is 365 g/mol. The van der Waals surface area contributed by atoms with E-state index in [9.17, 15) is 0 Å². The summed E-state index contributed by atoms with van der Waals surface area (Å²) in [5.41, 5.74) is 9.09. The third kappa shape index (κ3) is 2.33. The highest BCUT2D eigenvalue weighted by Crippen LogP contribution is 2.24. The van der Waals surface area contributed by atoms with Crippen LogP contribution in [0.15, 0.2) is 42.5 Å². The molecule has 0 amide bonds.